The van der Waals surface area contributed by atoms with Crippen molar-refractivity contribution in [1.29, 1.82) is 0 Å². The topological polar surface area (TPSA) is 35.5 Å². The standard InChI is InChI=1S/C39H52O3/c1-4-6-7-10-31-11-13-32(14-12-31)15-16-33-17-25-38(26-18-33)42-39(40)36-21-19-34(20-22-36)35-23-27-37(28-24-35)41-29-8-9-30(3)5-2/h17-28,30-32H,4-16,29H2,1-3H3/t30-,31?,32?/m0/s1. The predicted octanol–water partition coefficient (Wildman–Crippen LogP) is 11.1. The van der Waals surface area contributed by atoms with Crippen LogP contribution in [0, 0.1) is 17.8 Å². The molecule has 1 aliphatic carbocycles. The predicted molar refractivity (Wildman–Crippen MR) is 175 cm³/mol. The van der Waals surface area contributed by atoms with Crippen LogP contribution < -0.4 is 9.47 Å². The van der Waals surface area contributed by atoms with Crippen molar-refractivity contribution in [1.82, 2.24) is 0 Å². The van der Waals surface area contributed by atoms with Crippen LogP contribution in [-0.2, 0) is 6.42 Å². The summed E-state index contributed by atoms with van der Waals surface area (Å²) >= 11 is 0. The summed E-state index contributed by atoms with van der Waals surface area (Å²) in [4.78, 5) is 12.8. The van der Waals surface area contributed by atoms with Gasteiger partial charge in [-0.3, -0.25) is 0 Å². The van der Waals surface area contributed by atoms with Gasteiger partial charge in [-0.15, -0.1) is 0 Å². The Balaban J connectivity index is 1.18. The molecule has 3 nitrogen and oxygen atoms in total. The van der Waals surface area contributed by atoms with Crippen molar-refractivity contribution in [2.45, 2.75) is 104 Å². The van der Waals surface area contributed by atoms with Crippen LogP contribution in [0.25, 0.3) is 11.1 Å². The van der Waals surface area contributed by atoms with E-state index in [1.165, 1.54) is 76.2 Å². The molecule has 0 aromatic heterocycles. The summed E-state index contributed by atoms with van der Waals surface area (Å²) in [7, 11) is 0. The lowest BCUT2D eigenvalue weighted by atomic mass is 9.78. The number of hydrogen-bond acceptors (Lipinski definition) is 3. The third-order valence-corrected chi connectivity index (χ3v) is 9.27. The molecule has 0 heterocycles. The fourth-order valence-corrected chi connectivity index (χ4v) is 6.12. The number of unbranched alkanes of at least 4 members (excludes halogenated alkanes) is 2. The summed E-state index contributed by atoms with van der Waals surface area (Å²) in [5.74, 6) is 3.76. The average Bonchev–Trinajstić information content (AvgIpc) is 3.03. The maximum atomic E-state index is 12.8. The van der Waals surface area contributed by atoms with Gasteiger partial charge < -0.3 is 9.47 Å². The lowest BCUT2D eigenvalue weighted by Gasteiger charge is -2.28. The van der Waals surface area contributed by atoms with Crippen LogP contribution in [0.1, 0.15) is 114 Å². The fourth-order valence-electron chi connectivity index (χ4n) is 6.12. The van der Waals surface area contributed by atoms with Crippen molar-refractivity contribution in [3.05, 3.63) is 83.9 Å². The first-order valence-corrected chi connectivity index (χ1v) is 16.7. The van der Waals surface area contributed by atoms with Crippen LogP contribution in [0.15, 0.2) is 72.8 Å². The van der Waals surface area contributed by atoms with Crippen LogP contribution in [0.2, 0.25) is 0 Å². The molecule has 1 aliphatic rings. The van der Waals surface area contributed by atoms with Crippen LogP contribution in [-0.4, -0.2) is 12.6 Å². The Morgan fingerprint density at radius 1 is 0.738 bits per heavy atom. The largest absolute Gasteiger partial charge is 0.494 e. The van der Waals surface area contributed by atoms with Gasteiger partial charge in [0, 0.05) is 0 Å². The van der Waals surface area contributed by atoms with Crippen molar-refractivity contribution in [2.24, 2.45) is 17.8 Å². The molecule has 0 aliphatic heterocycles. The van der Waals surface area contributed by atoms with Gasteiger partial charge in [0.15, 0.2) is 0 Å². The van der Waals surface area contributed by atoms with E-state index in [0.717, 1.165) is 54.1 Å². The number of aryl methyl sites for hydroxylation is 1. The molecule has 4 rings (SSSR count). The lowest BCUT2D eigenvalue weighted by Crippen LogP contribution is -2.15. The SMILES string of the molecule is CCCCCC1CCC(CCc2ccc(OC(=O)c3ccc(-c4ccc(OCCC[C@@H](C)CC)cc4)cc3)cc2)CC1. The number of esters is 1. The van der Waals surface area contributed by atoms with Gasteiger partial charge in [-0.2, -0.15) is 0 Å². The highest BCUT2D eigenvalue weighted by Gasteiger charge is 2.20. The van der Waals surface area contributed by atoms with E-state index in [-0.39, 0.29) is 5.97 Å². The van der Waals surface area contributed by atoms with Gasteiger partial charge in [0.05, 0.1) is 12.2 Å². The fraction of sp³-hybridized carbons (Fsp3) is 0.513. The second kappa shape index (κ2) is 17.1. The Labute approximate surface area is 255 Å². The van der Waals surface area contributed by atoms with E-state index in [9.17, 15) is 4.79 Å². The molecule has 3 heteroatoms. The number of benzene rings is 3. The van der Waals surface area contributed by atoms with Crippen molar-refractivity contribution in [3.8, 4) is 22.6 Å². The van der Waals surface area contributed by atoms with Crippen molar-refractivity contribution >= 4 is 5.97 Å². The Hall–Kier alpha value is -3.07. The third-order valence-electron chi connectivity index (χ3n) is 9.27. The van der Waals surface area contributed by atoms with Crippen LogP contribution in [0.4, 0.5) is 0 Å². The summed E-state index contributed by atoms with van der Waals surface area (Å²) in [5, 5.41) is 0. The molecule has 1 atom stereocenters. The van der Waals surface area contributed by atoms with Crippen LogP contribution in [0.5, 0.6) is 11.5 Å². The molecule has 0 unspecified atom stereocenters. The lowest BCUT2D eigenvalue weighted by molar-refractivity contribution is 0.0734. The Kier molecular flexibility index (Phi) is 13.0. The molecule has 0 bridgehead atoms. The van der Waals surface area contributed by atoms with Gasteiger partial charge >= 0.3 is 5.97 Å². The molecule has 3 aromatic rings. The highest BCUT2D eigenvalue weighted by Crippen LogP contribution is 2.34. The number of carbonyl (C=O) groups excluding carboxylic acids is 1. The quantitative estimate of drug-likeness (QED) is 0.0979. The molecule has 42 heavy (non-hydrogen) atoms. The van der Waals surface area contributed by atoms with Crippen molar-refractivity contribution < 1.29 is 14.3 Å². The minimum Gasteiger partial charge on any atom is -0.494 e. The monoisotopic (exact) mass is 568 g/mol. The second-order valence-corrected chi connectivity index (χ2v) is 12.6. The second-order valence-electron chi connectivity index (χ2n) is 12.6. The smallest absolute Gasteiger partial charge is 0.343 e. The van der Waals surface area contributed by atoms with Gasteiger partial charge in [0.1, 0.15) is 11.5 Å². The number of rotatable bonds is 16. The zero-order valence-electron chi connectivity index (χ0n) is 26.3. The van der Waals surface area contributed by atoms with Gasteiger partial charge in [0.25, 0.3) is 0 Å². The van der Waals surface area contributed by atoms with Crippen LogP contribution >= 0.6 is 0 Å². The molecule has 0 saturated heterocycles. The van der Waals surface area contributed by atoms with E-state index in [4.69, 9.17) is 9.47 Å². The van der Waals surface area contributed by atoms with Gasteiger partial charge in [0.2, 0.25) is 0 Å². The van der Waals surface area contributed by atoms with Crippen LogP contribution in [0.3, 0.4) is 0 Å². The Bertz CT molecular complexity index is 1170. The number of carbonyl (C=O) groups is 1. The number of ether oxygens (including phenoxy) is 2. The summed E-state index contributed by atoms with van der Waals surface area (Å²) in [6, 6.07) is 23.9. The normalized spacial score (nSPS) is 17.5. The van der Waals surface area contributed by atoms with E-state index < -0.39 is 0 Å². The van der Waals surface area contributed by atoms with Crippen molar-refractivity contribution in [2.75, 3.05) is 6.61 Å². The molecular formula is C39H52O3. The summed E-state index contributed by atoms with van der Waals surface area (Å²) in [5.41, 5.74) is 4.03. The molecule has 3 aromatic carbocycles. The van der Waals surface area contributed by atoms with Gasteiger partial charge in [-0.1, -0.05) is 115 Å². The van der Waals surface area contributed by atoms with E-state index >= 15 is 0 Å². The molecule has 1 saturated carbocycles. The molecule has 0 spiro atoms. The molecule has 0 radical (unpaired) electrons. The Morgan fingerprint density at radius 2 is 1.33 bits per heavy atom. The number of hydrogen-bond donors (Lipinski definition) is 0. The first kappa shape index (κ1) is 31.9. The molecule has 1 fully saturated rings. The molecular weight excluding hydrogens is 516 g/mol. The highest BCUT2D eigenvalue weighted by atomic mass is 16.5. The zero-order valence-corrected chi connectivity index (χ0v) is 26.3. The molecule has 0 amide bonds. The summed E-state index contributed by atoms with van der Waals surface area (Å²) in [6.45, 7) is 7.57. The Morgan fingerprint density at radius 3 is 1.95 bits per heavy atom. The summed E-state index contributed by atoms with van der Waals surface area (Å²) < 4.78 is 11.6. The molecule has 226 valence electrons. The zero-order chi connectivity index (χ0) is 29.6. The average molecular weight is 569 g/mol. The third kappa shape index (κ3) is 10.3. The maximum Gasteiger partial charge on any atom is 0.343 e. The highest BCUT2D eigenvalue weighted by molar-refractivity contribution is 5.91. The van der Waals surface area contributed by atoms with E-state index in [0.29, 0.717) is 11.3 Å². The van der Waals surface area contributed by atoms with E-state index in [1.807, 2.05) is 48.5 Å². The summed E-state index contributed by atoms with van der Waals surface area (Å²) in [6.07, 6.45) is 17.1. The van der Waals surface area contributed by atoms with Gasteiger partial charge in [-0.05, 0) is 96.5 Å². The first-order chi connectivity index (χ1) is 20.5. The van der Waals surface area contributed by atoms with Crippen molar-refractivity contribution in [3.63, 3.8) is 0 Å². The minimum atomic E-state index is -0.328. The van der Waals surface area contributed by atoms with Gasteiger partial charge in [-0.25, -0.2) is 4.79 Å². The minimum absolute atomic E-state index is 0.328. The van der Waals surface area contributed by atoms with E-state index in [1.54, 1.807) is 0 Å². The van der Waals surface area contributed by atoms with E-state index in [2.05, 4.69) is 45.0 Å². The first-order valence-electron chi connectivity index (χ1n) is 16.7. The molecule has 0 N–H and O–H groups in total. The maximum absolute atomic E-state index is 12.8.